The Balaban J connectivity index is 1.56. The molecule has 1 atom stereocenters. The number of hydrogen-bond acceptors (Lipinski definition) is 5. The maximum atomic E-state index is 13.0. The van der Waals surface area contributed by atoms with Gasteiger partial charge in [0.2, 0.25) is 0 Å². The van der Waals surface area contributed by atoms with Crippen molar-refractivity contribution in [2.24, 2.45) is 11.8 Å². The van der Waals surface area contributed by atoms with Crippen molar-refractivity contribution in [3.8, 4) is 0 Å². The van der Waals surface area contributed by atoms with Crippen molar-refractivity contribution >= 4 is 28.5 Å². The molecule has 2 bridgehead atoms. The topological polar surface area (TPSA) is 82.8 Å². The Hall–Kier alpha value is -3.28. The molecule has 6 heteroatoms. The van der Waals surface area contributed by atoms with Gasteiger partial charge in [0.05, 0.1) is 17.0 Å². The van der Waals surface area contributed by atoms with Crippen LogP contribution >= 0.6 is 0 Å². The fraction of sp³-hybridized carbons (Fsp3) is 0.360. The highest BCUT2D eigenvalue weighted by molar-refractivity contribution is 5.94. The number of aromatic carboxylic acids is 1. The Morgan fingerprint density at radius 3 is 2.58 bits per heavy atom. The van der Waals surface area contributed by atoms with Crippen molar-refractivity contribution in [3.63, 3.8) is 0 Å². The lowest BCUT2D eigenvalue weighted by Gasteiger charge is -2.47. The maximum absolute atomic E-state index is 13.0. The average molecular weight is 418 g/mol. The van der Waals surface area contributed by atoms with E-state index in [9.17, 15) is 14.7 Å². The molecule has 31 heavy (non-hydrogen) atoms. The van der Waals surface area contributed by atoms with Crippen molar-refractivity contribution in [2.45, 2.75) is 32.7 Å². The zero-order chi connectivity index (χ0) is 21.7. The number of nitrogens with zero attached hydrogens (tertiary/aromatic N) is 1. The first-order valence-corrected chi connectivity index (χ1v) is 10.8. The second-order valence-corrected chi connectivity index (χ2v) is 9.00. The molecular formula is C25H26N2O4. The van der Waals surface area contributed by atoms with E-state index in [0.29, 0.717) is 34.4 Å². The number of carboxylic acid groups (broad SMARTS) is 1. The fourth-order valence-electron chi connectivity index (χ4n) is 5.06. The molecule has 2 aromatic carbocycles. The number of rotatable bonds is 5. The summed E-state index contributed by atoms with van der Waals surface area (Å²) >= 11 is 0. The molecule has 3 fully saturated rings. The molecule has 0 spiro atoms. The minimum absolute atomic E-state index is 0.0430. The fourth-order valence-corrected chi connectivity index (χ4v) is 5.06. The third-order valence-corrected chi connectivity index (χ3v) is 6.59. The number of benzene rings is 2. The van der Waals surface area contributed by atoms with Crippen LogP contribution in [0.3, 0.4) is 0 Å². The van der Waals surface area contributed by atoms with Crippen LogP contribution in [0.15, 0.2) is 51.7 Å². The third kappa shape index (κ3) is 3.56. The molecule has 1 unspecified atom stereocenters. The molecule has 1 saturated carbocycles. The van der Waals surface area contributed by atoms with Gasteiger partial charge >= 0.3 is 5.97 Å². The summed E-state index contributed by atoms with van der Waals surface area (Å²) in [6, 6.07) is 12.1. The van der Waals surface area contributed by atoms with E-state index in [0.717, 1.165) is 24.2 Å². The smallest absolute Gasteiger partial charge is 0.337 e. The van der Waals surface area contributed by atoms with E-state index in [2.05, 4.69) is 10.2 Å². The van der Waals surface area contributed by atoms with Crippen LogP contribution in [0.2, 0.25) is 0 Å². The Kier molecular flexibility index (Phi) is 4.73. The number of aryl methyl sites for hydroxylation is 1. The SMILES string of the molecule is Cc1cc(C(C)Nc2ccccc2C(=O)O)c2oc(N3CC4CC(C4)C3)cc(=O)c2c1. The summed E-state index contributed by atoms with van der Waals surface area (Å²) in [7, 11) is 0. The lowest BCUT2D eigenvalue weighted by Crippen LogP contribution is -2.48. The lowest BCUT2D eigenvalue weighted by atomic mass is 9.71. The monoisotopic (exact) mass is 418 g/mol. The zero-order valence-corrected chi connectivity index (χ0v) is 17.7. The quantitative estimate of drug-likeness (QED) is 0.618. The molecule has 2 N–H and O–H groups in total. The summed E-state index contributed by atoms with van der Waals surface area (Å²) in [5, 5.41) is 13.4. The van der Waals surface area contributed by atoms with Crippen LogP contribution in [-0.4, -0.2) is 24.2 Å². The van der Waals surface area contributed by atoms with Crippen LogP contribution in [0.1, 0.15) is 47.3 Å². The minimum atomic E-state index is -0.984. The number of anilines is 2. The lowest BCUT2D eigenvalue weighted by molar-refractivity contribution is 0.0698. The normalized spacial score (nSPS) is 20.9. The van der Waals surface area contributed by atoms with Crippen LogP contribution in [0, 0.1) is 18.8 Å². The van der Waals surface area contributed by atoms with Gasteiger partial charge in [-0.25, -0.2) is 4.79 Å². The minimum Gasteiger partial charge on any atom is -0.478 e. The summed E-state index contributed by atoms with van der Waals surface area (Å²) in [5.74, 6) is 1.05. The Labute approximate surface area is 180 Å². The van der Waals surface area contributed by atoms with Gasteiger partial charge in [0, 0.05) is 30.4 Å². The summed E-state index contributed by atoms with van der Waals surface area (Å²) in [6.45, 7) is 5.78. The Bertz CT molecular complexity index is 1220. The highest BCUT2D eigenvalue weighted by Crippen LogP contribution is 2.41. The van der Waals surface area contributed by atoms with Crippen LogP contribution < -0.4 is 15.6 Å². The standard InChI is InChI=1S/C25H26N2O4/c1-14-7-19(15(2)26-21-6-4-3-5-18(21)25(29)30)24-20(8-14)22(28)11-23(31-24)27-12-16-9-17(10-16)13-27/h3-8,11,15-17,26H,9-10,12-13H2,1-2H3,(H,29,30). The largest absolute Gasteiger partial charge is 0.478 e. The summed E-state index contributed by atoms with van der Waals surface area (Å²) in [6.07, 6.45) is 2.56. The average Bonchev–Trinajstić information content (AvgIpc) is 2.73. The number of nitrogens with one attached hydrogen (secondary N) is 1. The Morgan fingerprint density at radius 2 is 1.87 bits per heavy atom. The number of para-hydroxylation sites is 1. The predicted octanol–water partition coefficient (Wildman–Crippen LogP) is 4.82. The Morgan fingerprint density at radius 1 is 1.16 bits per heavy atom. The van der Waals surface area contributed by atoms with Gasteiger partial charge in [0.1, 0.15) is 5.58 Å². The van der Waals surface area contributed by atoms with E-state index in [1.807, 2.05) is 26.0 Å². The predicted molar refractivity (Wildman–Crippen MR) is 121 cm³/mol. The van der Waals surface area contributed by atoms with Gasteiger partial charge in [0.15, 0.2) is 11.3 Å². The molecule has 2 saturated heterocycles. The molecule has 1 aromatic heterocycles. The van der Waals surface area contributed by atoms with Crippen LogP contribution in [0.5, 0.6) is 0 Å². The van der Waals surface area contributed by atoms with Crippen molar-refractivity contribution in [1.29, 1.82) is 0 Å². The number of hydrogen-bond donors (Lipinski definition) is 2. The van der Waals surface area contributed by atoms with Crippen molar-refractivity contribution in [2.75, 3.05) is 23.3 Å². The van der Waals surface area contributed by atoms with Gasteiger partial charge in [-0.3, -0.25) is 4.79 Å². The number of carbonyl (C=O) groups is 1. The van der Waals surface area contributed by atoms with E-state index in [-0.39, 0.29) is 17.0 Å². The molecule has 0 amide bonds. The summed E-state index contributed by atoms with van der Waals surface area (Å²) in [4.78, 5) is 26.8. The molecule has 3 heterocycles. The second-order valence-electron chi connectivity index (χ2n) is 9.00. The summed E-state index contributed by atoms with van der Waals surface area (Å²) < 4.78 is 6.34. The first-order valence-electron chi connectivity index (χ1n) is 10.8. The van der Waals surface area contributed by atoms with E-state index in [1.165, 1.54) is 12.8 Å². The molecule has 2 aliphatic heterocycles. The first-order chi connectivity index (χ1) is 14.9. The van der Waals surface area contributed by atoms with E-state index in [1.54, 1.807) is 30.3 Å². The van der Waals surface area contributed by atoms with Crippen molar-refractivity contribution in [1.82, 2.24) is 0 Å². The van der Waals surface area contributed by atoms with Gasteiger partial charge in [-0.1, -0.05) is 18.2 Å². The van der Waals surface area contributed by atoms with Gasteiger partial charge in [-0.05, 0) is 62.3 Å². The third-order valence-electron chi connectivity index (χ3n) is 6.59. The number of carboxylic acids is 1. The van der Waals surface area contributed by atoms with E-state index >= 15 is 0 Å². The highest BCUT2D eigenvalue weighted by Gasteiger charge is 2.38. The number of fused-ring (bicyclic) bond motifs is 3. The van der Waals surface area contributed by atoms with E-state index < -0.39 is 5.97 Å². The molecule has 6 rings (SSSR count). The number of piperidine rings is 2. The molecule has 6 nitrogen and oxygen atoms in total. The zero-order valence-electron chi connectivity index (χ0n) is 17.7. The molecule has 1 aliphatic carbocycles. The van der Waals surface area contributed by atoms with Gasteiger partial charge in [-0.15, -0.1) is 0 Å². The van der Waals surface area contributed by atoms with Crippen LogP contribution in [0.25, 0.3) is 11.0 Å². The first kappa shape index (κ1) is 19.7. The highest BCUT2D eigenvalue weighted by atomic mass is 16.4. The molecule has 3 aliphatic rings. The van der Waals surface area contributed by atoms with Crippen LogP contribution in [0.4, 0.5) is 11.6 Å². The van der Waals surface area contributed by atoms with Gasteiger partial charge < -0.3 is 19.7 Å². The second kappa shape index (κ2) is 7.45. The van der Waals surface area contributed by atoms with Gasteiger partial charge in [-0.2, -0.15) is 0 Å². The summed E-state index contributed by atoms with van der Waals surface area (Å²) in [5.41, 5.74) is 3.07. The molecule has 0 radical (unpaired) electrons. The van der Waals surface area contributed by atoms with Crippen molar-refractivity contribution < 1.29 is 14.3 Å². The molecule has 3 aromatic rings. The van der Waals surface area contributed by atoms with E-state index in [4.69, 9.17) is 4.42 Å². The molecular weight excluding hydrogens is 392 g/mol. The molecule has 160 valence electrons. The van der Waals surface area contributed by atoms with Gasteiger partial charge in [0.25, 0.3) is 0 Å². The maximum Gasteiger partial charge on any atom is 0.337 e. The van der Waals surface area contributed by atoms with Crippen LogP contribution in [-0.2, 0) is 0 Å². The van der Waals surface area contributed by atoms with Crippen molar-refractivity contribution in [3.05, 3.63) is 69.4 Å².